The molecule has 0 aliphatic rings. The second-order valence-electron chi connectivity index (χ2n) is 6.04. The number of halogens is 3. The zero-order valence-corrected chi connectivity index (χ0v) is 16.1. The number of benzene rings is 1. The monoisotopic (exact) mass is 377 g/mol. The Kier molecular flexibility index (Phi) is 6.43. The molecule has 138 valence electrons. The van der Waals surface area contributed by atoms with Crippen molar-refractivity contribution in [3.8, 4) is 11.5 Å². The van der Waals surface area contributed by atoms with E-state index in [2.05, 4.69) is 47.5 Å². The van der Waals surface area contributed by atoms with Crippen LogP contribution in [0, 0.1) is 11.5 Å². The van der Waals surface area contributed by atoms with Gasteiger partial charge in [-0.2, -0.15) is 13.2 Å². The van der Waals surface area contributed by atoms with Gasteiger partial charge in [-0.25, -0.2) is 9.97 Å². The molecule has 1 N–H and O–H groups in total. The van der Waals surface area contributed by atoms with Gasteiger partial charge >= 0.3 is 6.18 Å². The Balaban J connectivity index is 2.46. The number of aromatic nitrogens is 2. The largest absolute Gasteiger partial charge is 0.420 e. The quantitative estimate of drug-likeness (QED) is 0.541. The molecule has 0 unspecified atom stereocenters. The van der Waals surface area contributed by atoms with Crippen LogP contribution in [-0.4, -0.2) is 18.0 Å². The van der Waals surface area contributed by atoms with Crippen molar-refractivity contribution in [3.63, 3.8) is 0 Å². The molecule has 2 aromatic rings. The SMILES string of the molecule is CC[Si](C#Cc1nc(Nc2ccccc2)ncc1C(F)(F)F)(CC)CC. The second kappa shape index (κ2) is 8.36. The molecular weight excluding hydrogens is 355 g/mol. The highest BCUT2D eigenvalue weighted by molar-refractivity contribution is 6.87. The van der Waals surface area contributed by atoms with Crippen LogP contribution in [0.4, 0.5) is 24.8 Å². The zero-order chi connectivity index (χ0) is 19.2. The summed E-state index contributed by atoms with van der Waals surface area (Å²) in [4.78, 5) is 7.85. The summed E-state index contributed by atoms with van der Waals surface area (Å²) in [5, 5.41) is 2.92. The van der Waals surface area contributed by atoms with Gasteiger partial charge in [0.2, 0.25) is 5.95 Å². The van der Waals surface area contributed by atoms with Crippen LogP contribution in [0.15, 0.2) is 36.5 Å². The molecule has 2 rings (SSSR count). The van der Waals surface area contributed by atoms with E-state index in [0.29, 0.717) is 5.69 Å². The van der Waals surface area contributed by atoms with Crippen molar-refractivity contribution in [2.45, 2.75) is 45.1 Å². The Morgan fingerprint density at radius 2 is 1.65 bits per heavy atom. The van der Waals surface area contributed by atoms with Crippen LogP contribution in [-0.2, 0) is 6.18 Å². The van der Waals surface area contributed by atoms with Crippen molar-refractivity contribution in [1.82, 2.24) is 9.97 Å². The number of alkyl halides is 3. The topological polar surface area (TPSA) is 37.8 Å². The lowest BCUT2D eigenvalue weighted by Crippen LogP contribution is -2.29. The molecule has 0 bridgehead atoms. The Morgan fingerprint density at radius 1 is 1.04 bits per heavy atom. The fourth-order valence-electron chi connectivity index (χ4n) is 2.60. The first-order valence-electron chi connectivity index (χ1n) is 8.63. The van der Waals surface area contributed by atoms with Crippen LogP contribution in [0.25, 0.3) is 0 Å². The number of hydrogen-bond donors (Lipinski definition) is 1. The predicted molar refractivity (Wildman–Crippen MR) is 101 cm³/mol. The third-order valence-electron chi connectivity index (χ3n) is 4.60. The molecule has 0 radical (unpaired) electrons. The van der Waals surface area contributed by atoms with Gasteiger partial charge in [0, 0.05) is 11.9 Å². The molecule has 0 saturated carbocycles. The van der Waals surface area contributed by atoms with Crippen molar-refractivity contribution in [3.05, 3.63) is 47.8 Å². The number of nitrogens with zero attached hydrogens (tertiary/aromatic N) is 2. The summed E-state index contributed by atoms with van der Waals surface area (Å²) in [5.74, 6) is 2.84. The Hall–Kier alpha value is -2.33. The number of rotatable bonds is 5. The van der Waals surface area contributed by atoms with Gasteiger partial charge in [0.25, 0.3) is 0 Å². The number of nitrogens with one attached hydrogen (secondary N) is 1. The van der Waals surface area contributed by atoms with Crippen molar-refractivity contribution in [2.24, 2.45) is 0 Å². The normalized spacial score (nSPS) is 11.6. The maximum Gasteiger partial charge on any atom is 0.420 e. The van der Waals surface area contributed by atoms with Gasteiger partial charge in [-0.15, -0.1) is 5.54 Å². The molecule has 3 nitrogen and oxygen atoms in total. The minimum absolute atomic E-state index is 0.102. The van der Waals surface area contributed by atoms with Gasteiger partial charge < -0.3 is 5.32 Å². The van der Waals surface area contributed by atoms with Gasteiger partial charge in [-0.3, -0.25) is 0 Å². The lowest BCUT2D eigenvalue weighted by Gasteiger charge is -2.20. The van der Waals surface area contributed by atoms with Crippen molar-refractivity contribution < 1.29 is 13.2 Å². The highest BCUT2D eigenvalue weighted by Gasteiger charge is 2.35. The van der Waals surface area contributed by atoms with Gasteiger partial charge in [0.05, 0.1) is 0 Å². The summed E-state index contributed by atoms with van der Waals surface area (Å²) in [7, 11) is -1.88. The van der Waals surface area contributed by atoms with Gasteiger partial charge in [0.15, 0.2) is 0 Å². The number of hydrogen-bond acceptors (Lipinski definition) is 3. The van der Waals surface area contributed by atoms with Crippen molar-refractivity contribution in [2.75, 3.05) is 5.32 Å². The molecule has 1 aromatic carbocycles. The molecule has 0 aliphatic carbocycles. The summed E-state index contributed by atoms with van der Waals surface area (Å²) >= 11 is 0. The molecule has 0 saturated heterocycles. The van der Waals surface area contributed by atoms with Crippen LogP contribution >= 0.6 is 0 Å². The molecule has 0 spiro atoms. The Bertz CT molecular complexity index is 783. The van der Waals surface area contributed by atoms with E-state index in [4.69, 9.17) is 0 Å². The summed E-state index contributed by atoms with van der Waals surface area (Å²) in [6, 6.07) is 11.8. The van der Waals surface area contributed by atoms with Gasteiger partial charge in [-0.1, -0.05) is 44.9 Å². The molecule has 1 heterocycles. The first kappa shape index (κ1) is 20.0. The zero-order valence-electron chi connectivity index (χ0n) is 15.1. The van der Waals surface area contributed by atoms with E-state index in [1.54, 1.807) is 12.1 Å². The molecular formula is C19H22F3N3Si. The number of para-hydroxylation sites is 1. The van der Waals surface area contributed by atoms with Crippen LogP contribution in [0.1, 0.15) is 32.0 Å². The summed E-state index contributed by atoms with van der Waals surface area (Å²) < 4.78 is 39.9. The van der Waals surface area contributed by atoms with E-state index in [1.165, 1.54) is 0 Å². The van der Waals surface area contributed by atoms with E-state index in [9.17, 15) is 13.2 Å². The second-order valence-corrected chi connectivity index (χ2v) is 11.0. The first-order valence-corrected chi connectivity index (χ1v) is 11.2. The average Bonchev–Trinajstić information content (AvgIpc) is 2.63. The molecule has 0 fully saturated rings. The maximum absolute atomic E-state index is 13.3. The first-order chi connectivity index (χ1) is 12.3. The molecule has 7 heteroatoms. The molecule has 0 aliphatic heterocycles. The fraction of sp³-hybridized carbons (Fsp3) is 0.368. The summed E-state index contributed by atoms with van der Waals surface area (Å²) in [5.41, 5.74) is 2.71. The average molecular weight is 377 g/mol. The molecule has 0 atom stereocenters. The lowest BCUT2D eigenvalue weighted by atomic mass is 10.2. The minimum Gasteiger partial charge on any atom is -0.324 e. The summed E-state index contributed by atoms with van der Waals surface area (Å²) in [6.07, 6.45) is -3.74. The van der Waals surface area contributed by atoms with Crippen LogP contribution in [0.3, 0.4) is 0 Å². The number of anilines is 2. The molecule has 1 aromatic heterocycles. The molecule has 26 heavy (non-hydrogen) atoms. The van der Waals surface area contributed by atoms with Crippen LogP contribution in [0.2, 0.25) is 18.1 Å². The third kappa shape index (κ3) is 4.85. The molecule has 0 amide bonds. The lowest BCUT2D eigenvalue weighted by molar-refractivity contribution is -0.138. The van der Waals surface area contributed by atoms with Crippen molar-refractivity contribution >= 4 is 19.7 Å². The van der Waals surface area contributed by atoms with E-state index in [0.717, 1.165) is 24.3 Å². The van der Waals surface area contributed by atoms with Gasteiger partial charge in [-0.05, 0) is 30.3 Å². The van der Waals surface area contributed by atoms with E-state index in [-0.39, 0.29) is 11.6 Å². The van der Waals surface area contributed by atoms with Crippen LogP contribution in [0.5, 0.6) is 0 Å². The third-order valence-corrected chi connectivity index (χ3v) is 9.32. The van der Waals surface area contributed by atoms with Crippen molar-refractivity contribution in [1.29, 1.82) is 0 Å². The van der Waals surface area contributed by atoms with E-state index in [1.807, 2.05) is 18.2 Å². The summed E-state index contributed by atoms with van der Waals surface area (Å²) in [6.45, 7) is 6.17. The highest BCUT2D eigenvalue weighted by Crippen LogP contribution is 2.31. The van der Waals surface area contributed by atoms with E-state index >= 15 is 0 Å². The van der Waals surface area contributed by atoms with Crippen LogP contribution < -0.4 is 5.32 Å². The Labute approximate surface area is 153 Å². The van der Waals surface area contributed by atoms with Gasteiger partial charge in [0.1, 0.15) is 19.3 Å². The minimum atomic E-state index is -4.54. The smallest absolute Gasteiger partial charge is 0.324 e. The Morgan fingerprint density at radius 3 is 2.19 bits per heavy atom. The standard InChI is InChI=1S/C19H22F3N3Si/c1-4-26(5-2,6-3)13-12-17-16(19(20,21)22)14-23-18(25-17)24-15-10-8-7-9-11-15/h7-11,14H,4-6H2,1-3H3,(H,23,24,25). The predicted octanol–water partition coefficient (Wildman–Crippen LogP) is 5.64. The highest BCUT2D eigenvalue weighted by atomic mass is 28.3. The fourth-order valence-corrected chi connectivity index (χ4v) is 5.02. The van der Waals surface area contributed by atoms with E-state index < -0.39 is 19.8 Å². The maximum atomic E-state index is 13.3.